The van der Waals surface area contributed by atoms with E-state index in [-0.39, 0.29) is 29.2 Å². The molecule has 0 radical (unpaired) electrons. The molecular weight excluding hydrogens is 486 g/mol. The lowest BCUT2D eigenvalue weighted by Crippen LogP contribution is -3.00. The van der Waals surface area contributed by atoms with E-state index in [4.69, 9.17) is 4.74 Å². The van der Waals surface area contributed by atoms with Gasteiger partial charge in [0.2, 0.25) is 6.23 Å². The fraction of sp³-hybridized carbons (Fsp3) is 0.900. The average molecular weight is 547 g/mol. The van der Waals surface area contributed by atoms with Crippen molar-refractivity contribution >= 4 is 5.97 Å². The number of carbonyl (C=O) groups excluding carboxylic acids is 1. The number of carbonyl (C=O) groups is 1. The molecule has 0 saturated carbocycles. The molecule has 0 fully saturated rings. The molecule has 0 aromatic rings. The summed E-state index contributed by atoms with van der Waals surface area (Å²) in [6, 6.07) is 0. The van der Waals surface area contributed by atoms with Crippen molar-refractivity contribution in [2.45, 2.75) is 155 Å². The van der Waals surface area contributed by atoms with Crippen LogP contribution in [0.5, 0.6) is 0 Å². The number of unbranched alkanes of at least 4 members (excludes halogenated alkanes) is 19. The van der Waals surface area contributed by atoms with E-state index in [1.807, 2.05) is 0 Å². The zero-order valence-electron chi connectivity index (χ0n) is 23.6. The smallest absolute Gasteiger partial charge is 0.334 e. The van der Waals surface area contributed by atoms with Gasteiger partial charge in [-0.15, -0.1) is 0 Å². The first-order chi connectivity index (χ1) is 16.0. The number of halogens is 1. The summed E-state index contributed by atoms with van der Waals surface area (Å²) in [7, 11) is 4.33. The molecule has 0 aliphatic rings. The van der Waals surface area contributed by atoms with Crippen LogP contribution < -0.4 is 17.0 Å². The summed E-state index contributed by atoms with van der Waals surface area (Å²) in [5.74, 6) is -0.309. The second-order valence-electron chi connectivity index (χ2n) is 10.7. The van der Waals surface area contributed by atoms with Gasteiger partial charge in [0, 0.05) is 12.5 Å². The number of nitrogens with zero attached hydrogens (tertiary/aromatic N) is 1. The lowest BCUT2D eigenvalue weighted by molar-refractivity contribution is -0.935. The molecule has 0 saturated heterocycles. The number of hydrogen-bond donors (Lipinski definition) is 0. The SMILES string of the molecule is C=CC(=O)OC(CC)[N+](C)(C)CCCCCCCCCCCCCCCCCCCCCC.[Br-]. The molecule has 0 aliphatic heterocycles. The third-order valence-electron chi connectivity index (χ3n) is 7.14. The van der Waals surface area contributed by atoms with Crippen molar-refractivity contribution in [3.63, 3.8) is 0 Å². The quantitative estimate of drug-likeness (QED) is 0.0438. The van der Waals surface area contributed by atoms with Gasteiger partial charge in [0.05, 0.1) is 20.6 Å². The van der Waals surface area contributed by atoms with Crippen molar-refractivity contribution in [2.24, 2.45) is 0 Å². The Kier molecular flexibility index (Phi) is 27.1. The van der Waals surface area contributed by atoms with Crippen molar-refractivity contribution in [3.8, 4) is 0 Å². The van der Waals surface area contributed by atoms with Crippen LogP contribution in [0.4, 0.5) is 0 Å². The molecule has 0 spiro atoms. The van der Waals surface area contributed by atoms with Crippen molar-refractivity contribution in [1.29, 1.82) is 0 Å². The van der Waals surface area contributed by atoms with Gasteiger partial charge in [-0.05, 0) is 12.8 Å². The second kappa shape index (κ2) is 25.7. The molecule has 0 aromatic heterocycles. The maximum atomic E-state index is 11.5. The molecule has 0 rings (SSSR count). The van der Waals surface area contributed by atoms with Gasteiger partial charge < -0.3 is 21.7 Å². The number of ether oxygens (including phenoxy) is 1. The predicted molar refractivity (Wildman–Crippen MR) is 145 cm³/mol. The van der Waals surface area contributed by atoms with Crippen LogP contribution in [0.2, 0.25) is 0 Å². The van der Waals surface area contributed by atoms with Crippen molar-refractivity contribution in [3.05, 3.63) is 12.7 Å². The van der Waals surface area contributed by atoms with Crippen molar-refractivity contribution in [1.82, 2.24) is 0 Å². The summed E-state index contributed by atoms with van der Waals surface area (Å²) in [6.45, 7) is 8.94. The van der Waals surface area contributed by atoms with E-state index >= 15 is 0 Å². The first-order valence-corrected chi connectivity index (χ1v) is 14.6. The van der Waals surface area contributed by atoms with Gasteiger partial charge >= 0.3 is 5.97 Å². The Labute approximate surface area is 224 Å². The third-order valence-corrected chi connectivity index (χ3v) is 7.14. The van der Waals surface area contributed by atoms with E-state index in [1.54, 1.807) is 0 Å². The van der Waals surface area contributed by atoms with Gasteiger partial charge in [-0.2, -0.15) is 0 Å². The summed E-state index contributed by atoms with van der Waals surface area (Å²) in [5.41, 5.74) is 0. The fourth-order valence-corrected chi connectivity index (χ4v) is 4.82. The van der Waals surface area contributed by atoms with E-state index in [1.165, 1.54) is 134 Å². The van der Waals surface area contributed by atoms with Crippen LogP contribution in [-0.2, 0) is 9.53 Å². The first-order valence-electron chi connectivity index (χ1n) is 14.6. The minimum absolute atomic E-state index is 0. The Balaban J connectivity index is 0. The molecule has 1 unspecified atom stereocenters. The van der Waals surface area contributed by atoms with Crippen LogP contribution >= 0.6 is 0 Å². The molecule has 34 heavy (non-hydrogen) atoms. The molecule has 0 N–H and O–H groups in total. The van der Waals surface area contributed by atoms with Crippen LogP contribution in [0, 0.1) is 0 Å². The van der Waals surface area contributed by atoms with E-state index in [2.05, 4.69) is 34.5 Å². The topological polar surface area (TPSA) is 26.3 Å². The summed E-state index contributed by atoms with van der Waals surface area (Å²) >= 11 is 0. The lowest BCUT2D eigenvalue weighted by Gasteiger charge is -2.36. The lowest BCUT2D eigenvalue weighted by atomic mass is 10.0. The predicted octanol–water partition coefficient (Wildman–Crippen LogP) is 6.35. The minimum Gasteiger partial charge on any atom is -1.00 e. The van der Waals surface area contributed by atoms with Gasteiger partial charge in [-0.3, -0.25) is 4.48 Å². The molecule has 0 aromatic carbocycles. The Morgan fingerprint density at radius 2 is 1.00 bits per heavy atom. The van der Waals surface area contributed by atoms with Gasteiger partial charge in [0.25, 0.3) is 0 Å². The van der Waals surface area contributed by atoms with Gasteiger partial charge in [-0.25, -0.2) is 4.79 Å². The Bertz CT molecular complexity index is 453. The highest BCUT2D eigenvalue weighted by Gasteiger charge is 2.28. The Morgan fingerprint density at radius 1 is 0.676 bits per heavy atom. The molecule has 4 heteroatoms. The zero-order chi connectivity index (χ0) is 24.6. The summed E-state index contributed by atoms with van der Waals surface area (Å²) in [6.07, 6.45) is 30.2. The largest absolute Gasteiger partial charge is 1.00 e. The first kappa shape index (κ1) is 35.8. The third kappa shape index (κ3) is 22.1. The standard InChI is InChI=1S/C30H60NO2.BrH/c1-6-9-10-11-12-13-14-15-16-17-18-19-20-21-22-23-24-25-26-27-28-31(4,5)29(7-2)33-30(32)8-3;/h8,29H,3,6-7,9-28H2,1-2,4-5H3;1H/q+1;/p-1. The normalized spacial score (nSPS) is 12.2. The summed E-state index contributed by atoms with van der Waals surface area (Å²) in [5, 5.41) is 0. The van der Waals surface area contributed by atoms with E-state index < -0.39 is 0 Å². The molecule has 1 atom stereocenters. The van der Waals surface area contributed by atoms with Crippen LogP contribution in [0.25, 0.3) is 0 Å². The number of esters is 1. The zero-order valence-corrected chi connectivity index (χ0v) is 25.1. The average Bonchev–Trinajstić information content (AvgIpc) is 2.80. The molecule has 0 amide bonds. The van der Waals surface area contributed by atoms with Crippen LogP contribution in [0.15, 0.2) is 12.7 Å². The molecule has 3 nitrogen and oxygen atoms in total. The van der Waals surface area contributed by atoms with Crippen molar-refractivity contribution in [2.75, 3.05) is 20.6 Å². The van der Waals surface area contributed by atoms with Gasteiger partial charge in [0.15, 0.2) is 0 Å². The molecule has 0 bridgehead atoms. The van der Waals surface area contributed by atoms with Crippen molar-refractivity contribution < 1.29 is 31.0 Å². The van der Waals surface area contributed by atoms with Crippen LogP contribution in [0.3, 0.4) is 0 Å². The maximum absolute atomic E-state index is 11.5. The molecule has 0 heterocycles. The van der Waals surface area contributed by atoms with Gasteiger partial charge in [-0.1, -0.05) is 136 Å². The number of quaternary nitrogens is 1. The Hall–Kier alpha value is -0.350. The number of hydrogen-bond acceptors (Lipinski definition) is 2. The highest BCUT2D eigenvalue weighted by molar-refractivity contribution is 5.81. The van der Waals surface area contributed by atoms with Crippen LogP contribution in [-0.4, -0.2) is 37.3 Å². The number of rotatable bonds is 25. The minimum atomic E-state index is -0.309. The fourth-order valence-electron chi connectivity index (χ4n) is 4.82. The van der Waals surface area contributed by atoms with Crippen LogP contribution in [0.1, 0.15) is 149 Å². The van der Waals surface area contributed by atoms with Gasteiger partial charge in [0.1, 0.15) is 0 Å². The highest BCUT2D eigenvalue weighted by Crippen LogP contribution is 2.17. The molecule has 204 valence electrons. The second-order valence-corrected chi connectivity index (χ2v) is 10.7. The Morgan fingerprint density at radius 3 is 1.29 bits per heavy atom. The maximum Gasteiger partial charge on any atom is 0.334 e. The van der Waals surface area contributed by atoms with E-state index in [9.17, 15) is 4.79 Å². The summed E-state index contributed by atoms with van der Waals surface area (Å²) in [4.78, 5) is 11.5. The monoisotopic (exact) mass is 545 g/mol. The highest BCUT2D eigenvalue weighted by atomic mass is 79.9. The summed E-state index contributed by atoms with van der Waals surface area (Å²) < 4.78 is 6.27. The molecular formula is C30H60BrNO2. The molecule has 0 aliphatic carbocycles. The van der Waals surface area contributed by atoms with E-state index in [0.29, 0.717) is 0 Å². The van der Waals surface area contributed by atoms with E-state index in [0.717, 1.165) is 17.4 Å².